The lowest BCUT2D eigenvalue weighted by molar-refractivity contribution is -0.124. The monoisotopic (exact) mass is 454 g/mol. The van der Waals surface area contributed by atoms with Crippen LogP contribution < -0.4 is 15.1 Å². The Balaban J connectivity index is 1.40. The third kappa shape index (κ3) is 3.42. The van der Waals surface area contributed by atoms with Crippen LogP contribution in [0.25, 0.3) is 6.08 Å². The maximum Gasteiger partial charge on any atom is 0.223 e. The van der Waals surface area contributed by atoms with E-state index >= 15 is 0 Å². The molecule has 0 radical (unpaired) electrons. The summed E-state index contributed by atoms with van der Waals surface area (Å²) in [7, 11) is 0. The summed E-state index contributed by atoms with van der Waals surface area (Å²) < 4.78 is 19.5. The van der Waals surface area contributed by atoms with Crippen LogP contribution in [0.1, 0.15) is 30.7 Å². The van der Waals surface area contributed by atoms with Gasteiger partial charge >= 0.3 is 0 Å². The van der Waals surface area contributed by atoms with Crippen molar-refractivity contribution in [1.29, 1.82) is 0 Å². The van der Waals surface area contributed by atoms with Gasteiger partial charge in [0.25, 0.3) is 0 Å². The number of benzene rings is 1. The average molecular weight is 455 g/mol. The van der Waals surface area contributed by atoms with Gasteiger partial charge in [0, 0.05) is 48.2 Å². The van der Waals surface area contributed by atoms with Crippen molar-refractivity contribution in [3.05, 3.63) is 58.9 Å². The number of ether oxygens (including phenoxy) is 1. The zero-order valence-corrected chi connectivity index (χ0v) is 19.1. The molecule has 0 aliphatic carbocycles. The molecule has 0 bridgehead atoms. The fraction of sp³-hybridized carbons (Fsp3) is 0.417. The van der Waals surface area contributed by atoms with Gasteiger partial charge in [-0.25, -0.2) is 9.37 Å². The summed E-state index contributed by atoms with van der Waals surface area (Å²) >= 11 is 1.65. The standard InChI is InChI=1S/C24H27FN4O2S/c1-23(2)19-15-17(25)6-7-20(19)29-10-8-21(30)27-24(23,29)9-4-3-5-18-16-26-22(32-18)28-11-13-31-14-12-28/h3-7,9,15-16H,8,10-14H2,1-2H3,(H,27,30)/b5-3+,9-4+. The van der Waals surface area contributed by atoms with Crippen molar-refractivity contribution in [3.8, 4) is 0 Å². The van der Waals surface area contributed by atoms with Crippen LogP contribution in [0.15, 0.2) is 42.6 Å². The first-order chi connectivity index (χ1) is 15.4. The Labute approximate surface area is 191 Å². The number of hydrogen-bond donors (Lipinski definition) is 1. The number of hydrogen-bond acceptors (Lipinski definition) is 6. The van der Waals surface area contributed by atoms with E-state index in [9.17, 15) is 9.18 Å². The largest absolute Gasteiger partial charge is 0.378 e. The first-order valence-electron chi connectivity index (χ1n) is 10.9. The van der Waals surface area contributed by atoms with E-state index in [0.717, 1.165) is 47.6 Å². The van der Waals surface area contributed by atoms with E-state index < -0.39 is 11.1 Å². The van der Waals surface area contributed by atoms with Crippen LogP contribution in [0.2, 0.25) is 0 Å². The van der Waals surface area contributed by atoms with E-state index in [0.29, 0.717) is 13.0 Å². The minimum atomic E-state index is -0.741. The molecule has 6 nitrogen and oxygen atoms in total. The maximum absolute atomic E-state index is 14.1. The van der Waals surface area contributed by atoms with Gasteiger partial charge in [-0.1, -0.05) is 37.3 Å². The first-order valence-corrected chi connectivity index (χ1v) is 11.8. The third-order valence-corrected chi connectivity index (χ3v) is 7.72. The molecule has 3 aliphatic rings. The Morgan fingerprint density at radius 2 is 2.03 bits per heavy atom. The molecule has 1 amide bonds. The van der Waals surface area contributed by atoms with E-state index in [-0.39, 0.29) is 11.7 Å². The van der Waals surface area contributed by atoms with Crippen LogP contribution >= 0.6 is 11.3 Å². The van der Waals surface area contributed by atoms with Gasteiger partial charge in [-0.15, -0.1) is 0 Å². The van der Waals surface area contributed by atoms with Crippen LogP contribution in [0.3, 0.4) is 0 Å². The molecule has 1 N–H and O–H groups in total. The van der Waals surface area contributed by atoms with Gasteiger partial charge in [0.2, 0.25) is 5.91 Å². The smallest absolute Gasteiger partial charge is 0.223 e. The number of halogens is 1. The number of aromatic nitrogens is 1. The Hall–Kier alpha value is -2.71. The van der Waals surface area contributed by atoms with Gasteiger partial charge in [-0.05, 0) is 35.9 Å². The molecule has 8 heteroatoms. The molecular formula is C24H27FN4O2S. The fourth-order valence-corrected chi connectivity index (χ4v) is 5.81. The van der Waals surface area contributed by atoms with Crippen molar-refractivity contribution in [2.75, 3.05) is 42.6 Å². The van der Waals surface area contributed by atoms with Gasteiger partial charge in [-0.3, -0.25) is 4.79 Å². The first kappa shape index (κ1) is 21.2. The highest BCUT2D eigenvalue weighted by Gasteiger charge is 2.57. The van der Waals surface area contributed by atoms with Gasteiger partial charge in [-0.2, -0.15) is 0 Å². The summed E-state index contributed by atoms with van der Waals surface area (Å²) in [5.41, 5.74) is 0.641. The number of morpholine rings is 1. The number of amides is 1. The second-order valence-corrected chi connectivity index (χ2v) is 9.91. The summed E-state index contributed by atoms with van der Waals surface area (Å²) in [5.74, 6) is -0.253. The number of carbonyl (C=O) groups is 1. The summed E-state index contributed by atoms with van der Waals surface area (Å²) in [4.78, 5) is 22.5. The SMILES string of the molecule is CC1(C)c2cc(F)ccc2N2CCC(=O)NC21/C=C/C=C/c1cnc(N2CCOCC2)s1. The maximum atomic E-state index is 14.1. The van der Waals surface area contributed by atoms with Gasteiger partial charge in [0.15, 0.2) is 5.13 Å². The number of nitrogens with one attached hydrogen (secondary N) is 1. The number of rotatable bonds is 4. The second kappa shape index (κ2) is 8.01. The summed E-state index contributed by atoms with van der Waals surface area (Å²) in [6.45, 7) is 7.92. The molecule has 0 spiro atoms. The number of fused-ring (bicyclic) bond motifs is 3. The van der Waals surface area contributed by atoms with Gasteiger partial charge in [0.1, 0.15) is 11.5 Å². The average Bonchev–Trinajstić information content (AvgIpc) is 3.32. The number of nitrogens with zero attached hydrogens (tertiary/aromatic N) is 3. The predicted octanol–water partition coefficient (Wildman–Crippen LogP) is 3.70. The van der Waals surface area contributed by atoms with Gasteiger partial charge < -0.3 is 19.9 Å². The molecule has 3 aliphatic heterocycles. The minimum absolute atomic E-state index is 0.00819. The number of thiazole rings is 1. The highest BCUT2D eigenvalue weighted by molar-refractivity contribution is 7.16. The van der Waals surface area contributed by atoms with Crippen molar-refractivity contribution in [2.45, 2.75) is 31.3 Å². The summed E-state index contributed by atoms with van der Waals surface area (Å²) in [6.07, 6.45) is 10.3. The van der Waals surface area contributed by atoms with Crippen molar-refractivity contribution in [1.82, 2.24) is 10.3 Å². The van der Waals surface area contributed by atoms with E-state index in [1.165, 1.54) is 6.07 Å². The molecule has 1 unspecified atom stereocenters. The quantitative estimate of drug-likeness (QED) is 0.714. The lowest BCUT2D eigenvalue weighted by atomic mass is 9.74. The highest BCUT2D eigenvalue weighted by atomic mass is 32.1. The minimum Gasteiger partial charge on any atom is -0.378 e. The van der Waals surface area contributed by atoms with E-state index in [1.807, 2.05) is 36.6 Å². The molecule has 5 rings (SSSR count). The Morgan fingerprint density at radius 3 is 2.84 bits per heavy atom. The molecule has 2 saturated heterocycles. The van der Waals surface area contributed by atoms with Crippen LogP contribution in [0.5, 0.6) is 0 Å². The van der Waals surface area contributed by atoms with Gasteiger partial charge in [0.05, 0.1) is 13.2 Å². The van der Waals surface area contributed by atoms with Crippen LogP contribution in [0, 0.1) is 5.82 Å². The molecule has 32 heavy (non-hydrogen) atoms. The number of carbonyl (C=O) groups excluding carboxylic acids is 1. The second-order valence-electron chi connectivity index (χ2n) is 8.87. The highest BCUT2D eigenvalue weighted by Crippen LogP contribution is 2.52. The zero-order valence-electron chi connectivity index (χ0n) is 18.3. The molecule has 1 aromatic carbocycles. The van der Waals surface area contributed by atoms with E-state index in [1.54, 1.807) is 17.4 Å². The molecule has 4 heterocycles. The molecule has 2 aromatic rings. The topological polar surface area (TPSA) is 57.7 Å². The molecule has 2 fully saturated rings. The van der Waals surface area contributed by atoms with Crippen molar-refractivity contribution >= 4 is 34.1 Å². The summed E-state index contributed by atoms with van der Waals surface area (Å²) in [6, 6.07) is 4.90. The normalized spacial score (nSPS) is 24.8. The molecule has 168 valence electrons. The molecular weight excluding hydrogens is 427 g/mol. The fourth-order valence-electron chi connectivity index (χ4n) is 4.93. The molecule has 1 aromatic heterocycles. The lowest BCUT2D eigenvalue weighted by Gasteiger charge is -2.49. The zero-order chi connectivity index (χ0) is 22.3. The lowest BCUT2D eigenvalue weighted by Crippen LogP contribution is -2.68. The van der Waals surface area contributed by atoms with E-state index in [2.05, 4.69) is 33.9 Å². The number of anilines is 2. The Morgan fingerprint density at radius 1 is 1.22 bits per heavy atom. The predicted molar refractivity (Wildman–Crippen MR) is 126 cm³/mol. The molecule has 0 saturated carbocycles. The number of allylic oxidation sites excluding steroid dienone is 2. The van der Waals surface area contributed by atoms with Crippen LogP contribution in [-0.2, 0) is 14.9 Å². The summed E-state index contributed by atoms with van der Waals surface area (Å²) in [5, 5.41) is 4.22. The van der Waals surface area contributed by atoms with E-state index in [4.69, 9.17) is 4.74 Å². The van der Waals surface area contributed by atoms with Crippen LogP contribution in [0.4, 0.5) is 15.2 Å². The molecule has 1 atom stereocenters. The third-order valence-electron chi connectivity index (χ3n) is 6.70. The van der Waals surface area contributed by atoms with Crippen molar-refractivity contribution in [3.63, 3.8) is 0 Å². The Kier molecular flexibility index (Phi) is 5.29. The van der Waals surface area contributed by atoms with Crippen LogP contribution in [-0.4, -0.2) is 49.4 Å². The Bertz CT molecular complexity index is 1090. The van der Waals surface area contributed by atoms with Crippen molar-refractivity contribution in [2.24, 2.45) is 0 Å². The van der Waals surface area contributed by atoms with Crippen molar-refractivity contribution < 1.29 is 13.9 Å².